The van der Waals surface area contributed by atoms with Gasteiger partial charge in [-0.2, -0.15) is 0 Å². The van der Waals surface area contributed by atoms with Crippen molar-refractivity contribution < 1.29 is 14.3 Å². The van der Waals surface area contributed by atoms with Crippen LogP contribution in [0, 0.1) is 0 Å². The molecule has 0 spiro atoms. The van der Waals surface area contributed by atoms with Crippen LogP contribution in [-0.2, 0) is 14.3 Å². The molecule has 0 amide bonds. The first-order valence-electron chi connectivity index (χ1n) is 4.24. The summed E-state index contributed by atoms with van der Waals surface area (Å²) in [5, 5.41) is 0. The average molecular weight is 190 g/mol. The molecule has 1 fully saturated rings. The first-order valence-corrected chi connectivity index (χ1v) is 5.29. The van der Waals surface area contributed by atoms with E-state index in [4.69, 9.17) is 9.47 Å². The molecule has 1 heterocycles. The van der Waals surface area contributed by atoms with Crippen LogP contribution >= 0.6 is 11.8 Å². The van der Waals surface area contributed by atoms with E-state index in [2.05, 4.69) is 6.92 Å². The number of hydrogen-bond acceptors (Lipinski definition) is 4. The molecule has 1 saturated heterocycles. The van der Waals surface area contributed by atoms with E-state index >= 15 is 0 Å². The average Bonchev–Trinajstić information content (AvgIpc) is 2.56. The van der Waals surface area contributed by atoms with Gasteiger partial charge in [-0.15, -0.1) is 11.8 Å². The SMILES string of the molecule is CCCCOC(=O)C1OCCS1. The fourth-order valence-corrected chi connectivity index (χ4v) is 1.68. The van der Waals surface area contributed by atoms with E-state index in [0.29, 0.717) is 13.2 Å². The molecule has 3 nitrogen and oxygen atoms in total. The van der Waals surface area contributed by atoms with Gasteiger partial charge < -0.3 is 9.47 Å². The van der Waals surface area contributed by atoms with Crippen molar-refractivity contribution >= 4 is 17.7 Å². The second-order valence-electron chi connectivity index (χ2n) is 2.59. The molecule has 0 bridgehead atoms. The van der Waals surface area contributed by atoms with Gasteiger partial charge in [0, 0.05) is 5.75 Å². The Hall–Kier alpha value is -0.220. The van der Waals surface area contributed by atoms with Crippen LogP contribution in [0.4, 0.5) is 0 Å². The summed E-state index contributed by atoms with van der Waals surface area (Å²) in [5.41, 5.74) is -0.359. The Bertz CT molecular complexity index is 143. The fraction of sp³-hybridized carbons (Fsp3) is 0.875. The van der Waals surface area contributed by atoms with Crippen molar-refractivity contribution in [1.29, 1.82) is 0 Å². The van der Waals surface area contributed by atoms with E-state index in [1.54, 1.807) is 0 Å². The summed E-state index contributed by atoms with van der Waals surface area (Å²) in [4.78, 5) is 11.2. The highest BCUT2D eigenvalue weighted by Gasteiger charge is 2.25. The molecule has 0 aliphatic carbocycles. The third-order valence-electron chi connectivity index (χ3n) is 1.56. The predicted molar refractivity (Wildman–Crippen MR) is 48.1 cm³/mol. The predicted octanol–water partition coefficient (Wildman–Crippen LogP) is 1.42. The lowest BCUT2D eigenvalue weighted by atomic mass is 10.4. The van der Waals surface area contributed by atoms with Crippen molar-refractivity contribution in [2.24, 2.45) is 0 Å². The topological polar surface area (TPSA) is 35.5 Å². The summed E-state index contributed by atoms with van der Waals surface area (Å²) in [6.45, 7) is 3.25. The summed E-state index contributed by atoms with van der Waals surface area (Å²) in [6, 6.07) is 0. The minimum absolute atomic E-state index is 0.217. The minimum Gasteiger partial charge on any atom is -0.463 e. The summed E-state index contributed by atoms with van der Waals surface area (Å²) in [5.74, 6) is 0.680. The Morgan fingerprint density at radius 2 is 2.58 bits per heavy atom. The summed E-state index contributed by atoms with van der Waals surface area (Å²) in [6.07, 6.45) is 1.98. The van der Waals surface area contributed by atoms with Crippen molar-refractivity contribution in [2.75, 3.05) is 19.0 Å². The van der Waals surface area contributed by atoms with Gasteiger partial charge in [-0.3, -0.25) is 0 Å². The van der Waals surface area contributed by atoms with E-state index in [0.717, 1.165) is 18.6 Å². The first kappa shape index (κ1) is 9.86. The number of thioether (sulfide) groups is 1. The number of rotatable bonds is 4. The second-order valence-corrected chi connectivity index (χ2v) is 3.76. The smallest absolute Gasteiger partial charge is 0.345 e. The van der Waals surface area contributed by atoms with Gasteiger partial charge in [-0.25, -0.2) is 4.79 Å². The lowest BCUT2D eigenvalue weighted by Gasteiger charge is -2.07. The van der Waals surface area contributed by atoms with Crippen molar-refractivity contribution in [3.63, 3.8) is 0 Å². The Kier molecular flexibility index (Phi) is 4.46. The Balaban J connectivity index is 2.10. The van der Waals surface area contributed by atoms with Gasteiger partial charge in [-0.1, -0.05) is 13.3 Å². The monoisotopic (exact) mass is 190 g/mol. The minimum atomic E-state index is -0.359. The van der Waals surface area contributed by atoms with Gasteiger partial charge in [0.2, 0.25) is 5.44 Å². The van der Waals surface area contributed by atoms with Gasteiger partial charge in [0.15, 0.2) is 0 Å². The maximum Gasteiger partial charge on any atom is 0.345 e. The highest BCUT2D eigenvalue weighted by Crippen LogP contribution is 2.20. The van der Waals surface area contributed by atoms with Crippen LogP contribution in [-0.4, -0.2) is 30.4 Å². The van der Waals surface area contributed by atoms with Crippen molar-refractivity contribution in [2.45, 2.75) is 25.2 Å². The van der Waals surface area contributed by atoms with Gasteiger partial charge in [0.1, 0.15) is 0 Å². The van der Waals surface area contributed by atoms with Gasteiger partial charge in [0.25, 0.3) is 0 Å². The van der Waals surface area contributed by atoms with E-state index in [9.17, 15) is 4.79 Å². The normalized spacial score (nSPS) is 22.6. The van der Waals surface area contributed by atoms with Crippen LogP contribution in [0.15, 0.2) is 0 Å². The molecule has 0 saturated carbocycles. The molecule has 70 valence electrons. The third kappa shape index (κ3) is 3.03. The van der Waals surface area contributed by atoms with Gasteiger partial charge in [-0.05, 0) is 6.42 Å². The van der Waals surface area contributed by atoms with E-state index in [-0.39, 0.29) is 11.4 Å². The third-order valence-corrected chi connectivity index (χ3v) is 2.59. The van der Waals surface area contributed by atoms with Gasteiger partial charge >= 0.3 is 5.97 Å². The van der Waals surface area contributed by atoms with Crippen LogP contribution in [0.25, 0.3) is 0 Å². The van der Waals surface area contributed by atoms with E-state index in [1.807, 2.05) is 0 Å². The largest absolute Gasteiger partial charge is 0.463 e. The summed E-state index contributed by atoms with van der Waals surface area (Å²) >= 11 is 1.51. The van der Waals surface area contributed by atoms with Crippen LogP contribution in [0.5, 0.6) is 0 Å². The molecule has 0 N–H and O–H groups in total. The number of esters is 1. The molecule has 1 unspecified atom stereocenters. The Morgan fingerprint density at radius 1 is 1.75 bits per heavy atom. The zero-order chi connectivity index (χ0) is 8.81. The summed E-state index contributed by atoms with van der Waals surface area (Å²) < 4.78 is 10.1. The fourth-order valence-electron chi connectivity index (χ4n) is 0.880. The molecular formula is C8H14O3S. The molecular weight excluding hydrogens is 176 g/mol. The van der Waals surface area contributed by atoms with Crippen LogP contribution in [0.1, 0.15) is 19.8 Å². The van der Waals surface area contributed by atoms with Crippen molar-refractivity contribution in [1.82, 2.24) is 0 Å². The van der Waals surface area contributed by atoms with E-state index < -0.39 is 0 Å². The molecule has 4 heteroatoms. The molecule has 1 aliphatic rings. The van der Waals surface area contributed by atoms with E-state index in [1.165, 1.54) is 11.8 Å². The zero-order valence-electron chi connectivity index (χ0n) is 7.25. The Morgan fingerprint density at radius 3 is 3.17 bits per heavy atom. The maximum atomic E-state index is 11.2. The molecule has 12 heavy (non-hydrogen) atoms. The molecule has 0 radical (unpaired) electrons. The van der Waals surface area contributed by atoms with Gasteiger partial charge in [0.05, 0.1) is 13.2 Å². The first-order chi connectivity index (χ1) is 5.84. The standard InChI is InChI=1S/C8H14O3S/c1-2-3-4-10-7(9)8-11-5-6-12-8/h8H,2-6H2,1H3. The molecule has 1 aliphatic heterocycles. The van der Waals surface area contributed by atoms with Crippen molar-refractivity contribution in [3.8, 4) is 0 Å². The molecule has 0 aromatic carbocycles. The number of ether oxygens (including phenoxy) is 2. The quantitative estimate of drug-likeness (QED) is 0.496. The number of carbonyl (C=O) groups excluding carboxylic acids is 1. The lowest BCUT2D eigenvalue weighted by molar-refractivity contribution is -0.150. The number of unbranched alkanes of at least 4 members (excludes halogenated alkanes) is 1. The molecule has 0 aromatic heterocycles. The molecule has 1 rings (SSSR count). The number of hydrogen-bond donors (Lipinski definition) is 0. The maximum absolute atomic E-state index is 11.2. The Labute approximate surface area is 76.8 Å². The van der Waals surface area contributed by atoms with Crippen molar-refractivity contribution in [3.05, 3.63) is 0 Å². The molecule has 0 aromatic rings. The lowest BCUT2D eigenvalue weighted by Crippen LogP contribution is -2.20. The highest BCUT2D eigenvalue weighted by atomic mass is 32.2. The van der Waals surface area contributed by atoms with Crippen LogP contribution in [0.2, 0.25) is 0 Å². The number of carbonyl (C=O) groups is 1. The second kappa shape index (κ2) is 5.43. The highest BCUT2D eigenvalue weighted by molar-refractivity contribution is 8.00. The zero-order valence-corrected chi connectivity index (χ0v) is 8.06. The van der Waals surface area contributed by atoms with Crippen LogP contribution < -0.4 is 0 Å². The van der Waals surface area contributed by atoms with Crippen LogP contribution in [0.3, 0.4) is 0 Å². The molecule has 1 atom stereocenters. The summed E-state index contributed by atoms with van der Waals surface area (Å²) in [7, 11) is 0.